The third-order valence-corrected chi connectivity index (χ3v) is 5.27. The van der Waals surface area contributed by atoms with Crippen LogP contribution in [0.5, 0.6) is 0 Å². The minimum Gasteiger partial charge on any atom is -0.379 e. The third-order valence-electron chi connectivity index (χ3n) is 5.27. The van der Waals surface area contributed by atoms with Gasteiger partial charge in [-0.1, -0.05) is 13.8 Å². The first kappa shape index (κ1) is 22.5. The molecule has 0 aromatic carbocycles. The van der Waals surface area contributed by atoms with Crippen molar-refractivity contribution < 1.29 is 19.1 Å². The zero-order chi connectivity index (χ0) is 20.4. The molecule has 1 amide bonds. The van der Waals surface area contributed by atoms with Gasteiger partial charge in [0, 0.05) is 42.8 Å². The summed E-state index contributed by atoms with van der Waals surface area (Å²) in [5, 5.41) is 2.84. The summed E-state index contributed by atoms with van der Waals surface area (Å²) >= 11 is 0. The molecule has 1 aliphatic carbocycles. The van der Waals surface area contributed by atoms with Crippen molar-refractivity contribution in [1.29, 1.82) is 0 Å². The molecule has 1 N–H and O–H groups in total. The smallest absolute Gasteiger partial charge is 0.252 e. The first-order valence-electron chi connectivity index (χ1n) is 10.5. The van der Waals surface area contributed by atoms with Crippen LogP contribution in [0, 0.1) is 11.8 Å². The van der Waals surface area contributed by atoms with Crippen LogP contribution in [0.1, 0.15) is 68.4 Å². The molecule has 1 aromatic heterocycles. The van der Waals surface area contributed by atoms with E-state index in [4.69, 9.17) is 9.47 Å². The highest BCUT2D eigenvalue weighted by atomic mass is 16.5. The van der Waals surface area contributed by atoms with Crippen molar-refractivity contribution in [2.45, 2.75) is 52.4 Å². The molecule has 28 heavy (non-hydrogen) atoms. The number of hydrogen-bond acceptors (Lipinski definition) is 5. The maximum atomic E-state index is 12.2. The van der Waals surface area contributed by atoms with E-state index in [-0.39, 0.29) is 17.7 Å². The maximum Gasteiger partial charge on any atom is 0.252 e. The number of nitrogens with one attached hydrogen (secondary N) is 1. The Kier molecular flexibility index (Phi) is 9.58. The highest BCUT2D eigenvalue weighted by Gasteiger charge is 2.28. The van der Waals surface area contributed by atoms with Gasteiger partial charge in [-0.05, 0) is 44.7 Å². The fraction of sp³-hybridized carbons (Fsp3) is 0.682. The first-order valence-corrected chi connectivity index (χ1v) is 10.5. The van der Waals surface area contributed by atoms with Crippen LogP contribution in [-0.2, 0) is 14.3 Å². The van der Waals surface area contributed by atoms with Gasteiger partial charge in [0.05, 0.1) is 25.4 Å². The minimum absolute atomic E-state index is 0.118. The number of ether oxygens (including phenoxy) is 2. The van der Waals surface area contributed by atoms with Crippen LogP contribution >= 0.6 is 0 Å². The second kappa shape index (κ2) is 11.9. The van der Waals surface area contributed by atoms with E-state index in [1.807, 2.05) is 32.9 Å². The quantitative estimate of drug-likeness (QED) is 0.586. The molecule has 0 aliphatic heterocycles. The molecule has 1 aromatic rings. The number of nitrogens with zero attached hydrogens (tertiary/aromatic N) is 1. The average Bonchev–Trinajstić information content (AvgIpc) is 2.72. The fourth-order valence-corrected chi connectivity index (χ4v) is 3.63. The van der Waals surface area contributed by atoms with Gasteiger partial charge in [-0.25, -0.2) is 0 Å². The van der Waals surface area contributed by atoms with Gasteiger partial charge in [0.1, 0.15) is 5.78 Å². The number of hydrogen-bond donors (Lipinski definition) is 1. The molecule has 0 spiro atoms. The van der Waals surface area contributed by atoms with Gasteiger partial charge in [-0.2, -0.15) is 0 Å². The van der Waals surface area contributed by atoms with Gasteiger partial charge < -0.3 is 14.8 Å². The lowest BCUT2D eigenvalue weighted by Gasteiger charge is -2.28. The van der Waals surface area contributed by atoms with Crippen molar-refractivity contribution in [2.24, 2.45) is 11.8 Å². The molecular formula is C22H34N2O4. The Morgan fingerprint density at radius 3 is 2.43 bits per heavy atom. The summed E-state index contributed by atoms with van der Waals surface area (Å²) < 4.78 is 10.6. The molecule has 0 radical (unpaired) electrons. The maximum absolute atomic E-state index is 12.2. The third kappa shape index (κ3) is 6.99. The average molecular weight is 391 g/mol. The summed E-state index contributed by atoms with van der Waals surface area (Å²) in [5.41, 5.74) is 1.58. The van der Waals surface area contributed by atoms with Crippen molar-refractivity contribution in [3.05, 3.63) is 29.6 Å². The van der Waals surface area contributed by atoms with Gasteiger partial charge in [-0.15, -0.1) is 0 Å². The predicted octanol–water partition coefficient (Wildman–Crippen LogP) is 3.36. The van der Waals surface area contributed by atoms with E-state index >= 15 is 0 Å². The molecular weight excluding hydrogens is 356 g/mol. The van der Waals surface area contributed by atoms with Gasteiger partial charge in [0.15, 0.2) is 0 Å². The van der Waals surface area contributed by atoms with E-state index in [1.54, 1.807) is 6.20 Å². The summed E-state index contributed by atoms with van der Waals surface area (Å²) in [4.78, 5) is 28.9. The lowest BCUT2D eigenvalue weighted by Crippen LogP contribution is -2.28. The molecule has 1 fully saturated rings. The lowest BCUT2D eigenvalue weighted by atomic mass is 9.76. The van der Waals surface area contributed by atoms with E-state index < -0.39 is 0 Å². The number of ketones is 1. The molecule has 156 valence electrons. The molecule has 0 saturated heterocycles. The number of rotatable bonds is 11. The van der Waals surface area contributed by atoms with Crippen LogP contribution in [-0.4, -0.2) is 49.6 Å². The largest absolute Gasteiger partial charge is 0.379 e. The number of amides is 1. The summed E-state index contributed by atoms with van der Waals surface area (Å²) in [6, 6.07) is 3.78. The van der Waals surface area contributed by atoms with Crippen LogP contribution in [0.25, 0.3) is 0 Å². The summed E-state index contributed by atoms with van der Waals surface area (Å²) in [7, 11) is 0. The molecule has 0 bridgehead atoms. The Morgan fingerprint density at radius 1 is 1.11 bits per heavy atom. The Hall–Kier alpha value is -1.79. The molecule has 6 nitrogen and oxygen atoms in total. The van der Waals surface area contributed by atoms with E-state index in [0.717, 1.165) is 31.4 Å². The van der Waals surface area contributed by atoms with Crippen molar-refractivity contribution in [3.8, 4) is 0 Å². The molecule has 1 saturated carbocycles. The fourth-order valence-electron chi connectivity index (χ4n) is 3.63. The monoisotopic (exact) mass is 390 g/mol. The number of carbonyl (C=O) groups excluding carboxylic acids is 2. The molecule has 6 heteroatoms. The van der Waals surface area contributed by atoms with E-state index in [2.05, 4.69) is 10.3 Å². The van der Waals surface area contributed by atoms with Crippen LogP contribution in [0.3, 0.4) is 0 Å². The summed E-state index contributed by atoms with van der Waals surface area (Å²) in [6.45, 7) is 8.61. The Balaban J connectivity index is 1.73. The second-order valence-corrected chi connectivity index (χ2v) is 7.64. The number of pyridine rings is 1. The zero-order valence-corrected chi connectivity index (χ0v) is 17.4. The standard InChI is InChI=1S/C22H34N2O4/c1-4-27-13-14-28-12-11-23-22(26)19-9-10-20(24-15-19)17-5-7-18(8-6-17)21(25)16(2)3/h9-10,15-18H,4-8,11-14H2,1-3H3,(H,23,26). The van der Waals surface area contributed by atoms with Crippen molar-refractivity contribution >= 4 is 11.7 Å². The van der Waals surface area contributed by atoms with Gasteiger partial charge >= 0.3 is 0 Å². The van der Waals surface area contributed by atoms with Crippen LogP contribution in [0.15, 0.2) is 18.3 Å². The van der Waals surface area contributed by atoms with Crippen molar-refractivity contribution in [1.82, 2.24) is 10.3 Å². The molecule has 1 aliphatic rings. The minimum atomic E-state index is -0.140. The van der Waals surface area contributed by atoms with Crippen LogP contribution < -0.4 is 5.32 Å². The molecule has 0 unspecified atom stereocenters. The van der Waals surface area contributed by atoms with E-state index in [1.165, 1.54) is 0 Å². The normalized spacial score (nSPS) is 19.6. The molecule has 0 atom stereocenters. The van der Waals surface area contributed by atoms with Crippen LogP contribution in [0.2, 0.25) is 0 Å². The van der Waals surface area contributed by atoms with E-state index in [9.17, 15) is 9.59 Å². The Bertz CT molecular complexity index is 607. The topological polar surface area (TPSA) is 77.5 Å². The summed E-state index contributed by atoms with van der Waals surface area (Å²) in [6.07, 6.45) is 5.50. The SMILES string of the molecule is CCOCCOCCNC(=O)c1ccc(C2CCC(C(=O)C(C)C)CC2)nc1. The van der Waals surface area contributed by atoms with Gasteiger partial charge in [0.2, 0.25) is 0 Å². The molecule has 1 heterocycles. The van der Waals surface area contributed by atoms with Crippen molar-refractivity contribution in [2.75, 3.05) is 33.0 Å². The number of Topliss-reactive ketones (excluding diaryl/α,β-unsaturated/α-hetero) is 1. The van der Waals surface area contributed by atoms with Crippen LogP contribution in [0.4, 0.5) is 0 Å². The van der Waals surface area contributed by atoms with E-state index in [0.29, 0.717) is 50.2 Å². The lowest BCUT2D eigenvalue weighted by molar-refractivity contribution is -0.126. The predicted molar refractivity (Wildman–Crippen MR) is 108 cm³/mol. The highest BCUT2D eigenvalue weighted by molar-refractivity contribution is 5.93. The zero-order valence-electron chi connectivity index (χ0n) is 17.4. The second-order valence-electron chi connectivity index (χ2n) is 7.64. The highest BCUT2D eigenvalue weighted by Crippen LogP contribution is 2.36. The first-order chi connectivity index (χ1) is 13.5. The van der Waals surface area contributed by atoms with Crippen molar-refractivity contribution in [3.63, 3.8) is 0 Å². The number of aromatic nitrogens is 1. The molecule has 2 rings (SSSR count). The summed E-state index contributed by atoms with van der Waals surface area (Å²) in [5.74, 6) is 0.954. The number of carbonyl (C=O) groups is 2. The van der Waals surface area contributed by atoms with Gasteiger partial charge in [0.25, 0.3) is 5.91 Å². The van der Waals surface area contributed by atoms with Gasteiger partial charge in [-0.3, -0.25) is 14.6 Å². The Morgan fingerprint density at radius 2 is 1.82 bits per heavy atom. The Labute approximate surface area is 168 Å².